The Kier molecular flexibility index (Phi) is 6.10. The van der Waals surface area contributed by atoms with Gasteiger partial charge in [0.25, 0.3) is 0 Å². The van der Waals surface area contributed by atoms with Crippen molar-refractivity contribution in [2.24, 2.45) is 0 Å². The van der Waals surface area contributed by atoms with Gasteiger partial charge in [0.1, 0.15) is 28.0 Å². The van der Waals surface area contributed by atoms with Crippen LogP contribution in [0, 0.1) is 0 Å². The SMILES string of the molecule is c1ccc2c(c1)ccc1c2c2c3ccccc3ccc2n1-c1ccc(-c2nc(-c3ccc4c(c3)oc3ccccc34)c3oc4ccccc4c3n2)c2ccccc12. The third-order valence-corrected chi connectivity index (χ3v) is 11.8. The Hall–Kier alpha value is -7.76. The number of furan rings is 2. The van der Waals surface area contributed by atoms with Crippen molar-refractivity contribution < 1.29 is 8.83 Å². The van der Waals surface area contributed by atoms with Gasteiger partial charge in [0.2, 0.25) is 0 Å². The molecule has 0 radical (unpaired) electrons. The van der Waals surface area contributed by atoms with Gasteiger partial charge in [-0.25, -0.2) is 9.97 Å². The topological polar surface area (TPSA) is 57.0 Å². The molecule has 13 rings (SSSR count). The van der Waals surface area contributed by atoms with Crippen LogP contribution in [0.3, 0.4) is 0 Å². The van der Waals surface area contributed by atoms with Gasteiger partial charge >= 0.3 is 0 Å². The third-order valence-electron chi connectivity index (χ3n) is 11.8. The highest BCUT2D eigenvalue weighted by Crippen LogP contribution is 2.44. The fourth-order valence-corrected chi connectivity index (χ4v) is 9.26. The lowest BCUT2D eigenvalue weighted by Crippen LogP contribution is -1.98. The first-order valence-corrected chi connectivity index (χ1v) is 19.2. The first-order valence-electron chi connectivity index (χ1n) is 19.2. The second-order valence-electron chi connectivity index (χ2n) is 14.9. The van der Waals surface area contributed by atoms with E-state index in [9.17, 15) is 0 Å². The minimum Gasteiger partial charge on any atom is -0.456 e. The van der Waals surface area contributed by atoms with E-state index < -0.39 is 0 Å². The van der Waals surface area contributed by atoms with Crippen molar-refractivity contribution in [3.05, 3.63) is 176 Å². The van der Waals surface area contributed by atoms with Crippen LogP contribution in [0.25, 0.3) is 126 Å². The molecule has 0 N–H and O–H groups in total. The van der Waals surface area contributed by atoms with E-state index >= 15 is 0 Å². The highest BCUT2D eigenvalue weighted by Gasteiger charge is 2.23. The number of hydrogen-bond donors (Lipinski definition) is 0. The molecule has 0 atom stereocenters. The highest BCUT2D eigenvalue weighted by molar-refractivity contribution is 6.29. The summed E-state index contributed by atoms with van der Waals surface area (Å²) in [5.74, 6) is 0.635. The summed E-state index contributed by atoms with van der Waals surface area (Å²) in [6.07, 6.45) is 0. The molecule has 57 heavy (non-hydrogen) atoms. The lowest BCUT2D eigenvalue weighted by atomic mass is 10.00. The molecular weight excluding hydrogens is 699 g/mol. The van der Waals surface area contributed by atoms with E-state index in [1.54, 1.807) is 0 Å². The fourth-order valence-electron chi connectivity index (χ4n) is 9.26. The molecule has 264 valence electrons. The predicted molar refractivity (Wildman–Crippen MR) is 234 cm³/mol. The molecule has 0 saturated carbocycles. The standard InChI is InChI=1S/C52H29N3O2/c1-3-13-33-30(11-1)22-26-42-47(33)48-34-14-4-2-12-31(34)23-27-43(48)55(42)41-28-25-39(35-15-5-6-16-36(35)41)52-53-49(51-50(54-52)40-18-8-10-20-45(40)57-51)32-21-24-38-37-17-7-9-19-44(37)56-46(38)29-32/h1-29H. The molecule has 0 aliphatic heterocycles. The first-order chi connectivity index (χ1) is 28.3. The van der Waals surface area contributed by atoms with E-state index in [1.165, 1.54) is 43.4 Å². The van der Waals surface area contributed by atoms with E-state index in [1.807, 2.05) is 36.4 Å². The van der Waals surface area contributed by atoms with Crippen molar-refractivity contribution in [1.82, 2.24) is 14.5 Å². The van der Waals surface area contributed by atoms with Gasteiger partial charge in [-0.1, -0.05) is 121 Å². The Labute approximate surface area is 324 Å². The van der Waals surface area contributed by atoms with Crippen LogP contribution in [0.2, 0.25) is 0 Å². The number of hydrogen-bond acceptors (Lipinski definition) is 4. The van der Waals surface area contributed by atoms with Gasteiger partial charge in [-0.15, -0.1) is 0 Å². The number of fused-ring (bicyclic) bond motifs is 14. The maximum Gasteiger partial charge on any atom is 0.180 e. The normalized spacial score (nSPS) is 12.2. The second-order valence-corrected chi connectivity index (χ2v) is 14.9. The maximum atomic E-state index is 6.54. The van der Waals surface area contributed by atoms with Crippen LogP contribution < -0.4 is 0 Å². The Balaban J connectivity index is 1.09. The molecule has 0 saturated heterocycles. The summed E-state index contributed by atoms with van der Waals surface area (Å²) in [4.78, 5) is 10.6. The average molecular weight is 728 g/mol. The number of benzene rings is 9. The molecule has 0 spiro atoms. The largest absolute Gasteiger partial charge is 0.456 e. The van der Waals surface area contributed by atoms with Crippen LogP contribution >= 0.6 is 0 Å². The van der Waals surface area contributed by atoms with Crippen LogP contribution in [-0.2, 0) is 0 Å². The van der Waals surface area contributed by atoms with Crippen LogP contribution in [0.5, 0.6) is 0 Å². The summed E-state index contributed by atoms with van der Waals surface area (Å²) in [7, 11) is 0. The molecule has 0 aliphatic carbocycles. The van der Waals surface area contributed by atoms with Crippen molar-refractivity contribution in [2.75, 3.05) is 0 Å². The number of nitrogens with zero attached hydrogens (tertiary/aromatic N) is 3. The second kappa shape index (κ2) is 11.4. The lowest BCUT2D eigenvalue weighted by Gasteiger charge is -2.15. The van der Waals surface area contributed by atoms with Crippen molar-refractivity contribution in [2.45, 2.75) is 0 Å². The van der Waals surface area contributed by atoms with Crippen LogP contribution in [0.4, 0.5) is 0 Å². The summed E-state index contributed by atoms with van der Waals surface area (Å²) in [5.41, 5.74) is 9.89. The van der Waals surface area contributed by atoms with Crippen molar-refractivity contribution >= 4 is 98.1 Å². The van der Waals surface area contributed by atoms with Gasteiger partial charge in [-0.3, -0.25) is 0 Å². The van der Waals surface area contributed by atoms with Crippen LogP contribution in [-0.4, -0.2) is 14.5 Å². The van der Waals surface area contributed by atoms with Crippen LogP contribution in [0.1, 0.15) is 0 Å². The van der Waals surface area contributed by atoms with Gasteiger partial charge in [0, 0.05) is 43.4 Å². The number of rotatable bonds is 3. The number of para-hydroxylation sites is 2. The molecule has 13 aromatic rings. The monoisotopic (exact) mass is 727 g/mol. The van der Waals surface area contributed by atoms with Crippen molar-refractivity contribution in [3.63, 3.8) is 0 Å². The molecule has 0 bridgehead atoms. The Morgan fingerprint density at radius 3 is 1.70 bits per heavy atom. The molecule has 0 unspecified atom stereocenters. The zero-order valence-corrected chi connectivity index (χ0v) is 30.4. The Bertz CT molecular complexity index is 3740. The summed E-state index contributed by atoms with van der Waals surface area (Å²) in [5, 5.41) is 12.8. The molecule has 4 aromatic heterocycles. The molecule has 0 amide bonds. The third kappa shape index (κ3) is 4.28. The van der Waals surface area contributed by atoms with Gasteiger partial charge in [-0.2, -0.15) is 0 Å². The van der Waals surface area contributed by atoms with E-state index in [-0.39, 0.29) is 0 Å². The fraction of sp³-hybridized carbons (Fsp3) is 0. The van der Waals surface area contributed by atoms with Crippen molar-refractivity contribution in [3.8, 4) is 28.3 Å². The van der Waals surface area contributed by atoms with Gasteiger partial charge in [-0.05, 0) is 81.5 Å². The summed E-state index contributed by atoms with van der Waals surface area (Å²) >= 11 is 0. The maximum absolute atomic E-state index is 6.54. The molecule has 9 aromatic carbocycles. The summed E-state index contributed by atoms with van der Waals surface area (Å²) in [6.45, 7) is 0. The average Bonchev–Trinajstić information content (AvgIpc) is 3.95. The van der Waals surface area contributed by atoms with Gasteiger partial charge in [0.05, 0.1) is 16.7 Å². The quantitative estimate of drug-likeness (QED) is 0.182. The Morgan fingerprint density at radius 1 is 0.404 bits per heavy atom. The molecule has 5 nitrogen and oxygen atoms in total. The van der Waals surface area contributed by atoms with E-state index in [4.69, 9.17) is 18.8 Å². The summed E-state index contributed by atoms with van der Waals surface area (Å²) < 4.78 is 15.3. The van der Waals surface area contributed by atoms with Crippen LogP contribution in [0.15, 0.2) is 185 Å². The molecular formula is C52H29N3O2. The van der Waals surface area contributed by atoms with Crippen molar-refractivity contribution in [1.29, 1.82) is 0 Å². The molecule has 0 aliphatic rings. The molecule has 0 fully saturated rings. The minimum atomic E-state index is 0.635. The Morgan fingerprint density at radius 2 is 0.982 bits per heavy atom. The van der Waals surface area contributed by atoms with E-state index in [0.29, 0.717) is 11.4 Å². The number of aromatic nitrogens is 3. The zero-order chi connectivity index (χ0) is 37.2. The first kappa shape index (κ1) is 30.6. The smallest absolute Gasteiger partial charge is 0.180 e. The highest BCUT2D eigenvalue weighted by atomic mass is 16.3. The van der Waals surface area contributed by atoms with E-state index in [0.717, 1.165) is 71.7 Å². The van der Waals surface area contributed by atoms with E-state index in [2.05, 4.69) is 144 Å². The molecule has 5 heteroatoms. The minimum absolute atomic E-state index is 0.635. The lowest BCUT2D eigenvalue weighted by molar-refractivity contribution is 0.666. The predicted octanol–water partition coefficient (Wildman–Crippen LogP) is 14.2. The van der Waals surface area contributed by atoms with Gasteiger partial charge in [0.15, 0.2) is 11.4 Å². The summed E-state index contributed by atoms with van der Waals surface area (Å²) in [6, 6.07) is 62.1. The van der Waals surface area contributed by atoms with Gasteiger partial charge < -0.3 is 13.4 Å². The molecule has 4 heterocycles. The zero-order valence-electron chi connectivity index (χ0n) is 30.4.